The summed E-state index contributed by atoms with van der Waals surface area (Å²) in [6.07, 6.45) is 0. The zero-order valence-corrected chi connectivity index (χ0v) is 11.4. The molecule has 20 heavy (non-hydrogen) atoms. The van der Waals surface area contributed by atoms with E-state index in [1.165, 1.54) is 0 Å². The van der Waals surface area contributed by atoms with Crippen molar-refractivity contribution in [3.05, 3.63) is 65.7 Å². The van der Waals surface area contributed by atoms with Crippen LogP contribution in [0.5, 0.6) is 5.75 Å². The molecule has 104 valence electrons. The molecule has 0 heterocycles. The first-order valence-corrected chi connectivity index (χ1v) is 6.42. The summed E-state index contributed by atoms with van der Waals surface area (Å²) in [6.45, 7) is 0.448. The molecule has 0 aromatic heterocycles. The highest BCUT2D eigenvalue weighted by Crippen LogP contribution is 2.12. The van der Waals surface area contributed by atoms with Crippen LogP contribution in [-0.4, -0.2) is 13.0 Å². The Labute approximate surface area is 118 Å². The lowest BCUT2D eigenvalue weighted by atomic mass is 10.1. The fraction of sp³-hybridized carbons (Fsp3) is 0.188. The summed E-state index contributed by atoms with van der Waals surface area (Å²) in [4.78, 5) is 12.0. The zero-order valence-electron chi connectivity index (χ0n) is 11.4. The predicted octanol–water partition coefficient (Wildman–Crippen LogP) is 2.01. The standard InChI is InChI=1S/C16H18N2O2/c1-20-14-9-7-12(8-10-14)11-18-16(19)15(17)13-5-3-2-4-6-13/h2-10,15H,11,17H2,1H3,(H,18,19). The van der Waals surface area contributed by atoms with Crippen molar-refractivity contribution >= 4 is 5.91 Å². The second kappa shape index (κ2) is 6.73. The van der Waals surface area contributed by atoms with Crippen LogP contribution in [0, 0.1) is 0 Å². The van der Waals surface area contributed by atoms with Gasteiger partial charge in [-0.2, -0.15) is 0 Å². The number of nitrogens with one attached hydrogen (secondary N) is 1. The van der Waals surface area contributed by atoms with E-state index in [1.807, 2.05) is 54.6 Å². The number of amides is 1. The summed E-state index contributed by atoms with van der Waals surface area (Å²) < 4.78 is 5.08. The lowest BCUT2D eigenvalue weighted by molar-refractivity contribution is -0.122. The Kier molecular flexibility index (Phi) is 4.74. The fourth-order valence-corrected chi connectivity index (χ4v) is 1.85. The molecule has 4 nitrogen and oxygen atoms in total. The molecule has 3 N–H and O–H groups in total. The number of hydrogen-bond donors (Lipinski definition) is 2. The van der Waals surface area contributed by atoms with Crippen LogP contribution < -0.4 is 15.8 Å². The summed E-state index contributed by atoms with van der Waals surface area (Å²) in [6, 6.07) is 16.2. The normalized spacial score (nSPS) is 11.7. The fourth-order valence-electron chi connectivity index (χ4n) is 1.85. The predicted molar refractivity (Wildman–Crippen MR) is 78.2 cm³/mol. The Morgan fingerprint density at radius 3 is 2.40 bits per heavy atom. The van der Waals surface area contributed by atoms with Crippen LogP contribution in [0.3, 0.4) is 0 Å². The van der Waals surface area contributed by atoms with Gasteiger partial charge in [0.25, 0.3) is 0 Å². The van der Waals surface area contributed by atoms with Gasteiger partial charge in [-0.1, -0.05) is 42.5 Å². The summed E-state index contributed by atoms with van der Waals surface area (Å²) >= 11 is 0. The third kappa shape index (κ3) is 3.59. The van der Waals surface area contributed by atoms with Crippen LogP contribution in [-0.2, 0) is 11.3 Å². The van der Waals surface area contributed by atoms with E-state index in [1.54, 1.807) is 7.11 Å². The Balaban J connectivity index is 1.91. The Morgan fingerprint density at radius 1 is 1.15 bits per heavy atom. The third-order valence-electron chi connectivity index (χ3n) is 3.07. The SMILES string of the molecule is COc1ccc(CNC(=O)C(N)c2ccccc2)cc1. The number of carbonyl (C=O) groups excluding carboxylic acids is 1. The Morgan fingerprint density at radius 2 is 1.80 bits per heavy atom. The first-order valence-electron chi connectivity index (χ1n) is 6.42. The second-order valence-electron chi connectivity index (χ2n) is 4.45. The van der Waals surface area contributed by atoms with E-state index in [-0.39, 0.29) is 5.91 Å². The molecule has 0 aliphatic carbocycles. The van der Waals surface area contributed by atoms with Crippen LogP contribution in [0.25, 0.3) is 0 Å². The number of rotatable bonds is 5. The molecular weight excluding hydrogens is 252 g/mol. The highest BCUT2D eigenvalue weighted by Gasteiger charge is 2.14. The number of benzene rings is 2. The minimum absolute atomic E-state index is 0.188. The van der Waals surface area contributed by atoms with Crippen molar-refractivity contribution in [1.82, 2.24) is 5.32 Å². The minimum atomic E-state index is -0.644. The highest BCUT2D eigenvalue weighted by molar-refractivity contribution is 5.82. The second-order valence-corrected chi connectivity index (χ2v) is 4.45. The van der Waals surface area contributed by atoms with Crippen LogP contribution in [0.15, 0.2) is 54.6 Å². The third-order valence-corrected chi connectivity index (χ3v) is 3.07. The molecule has 0 aliphatic rings. The van der Waals surface area contributed by atoms with Crippen LogP contribution in [0.1, 0.15) is 17.2 Å². The molecule has 1 atom stereocenters. The van der Waals surface area contributed by atoms with Gasteiger partial charge in [0.15, 0.2) is 0 Å². The van der Waals surface area contributed by atoms with Gasteiger partial charge in [-0.15, -0.1) is 0 Å². The van der Waals surface area contributed by atoms with Crippen molar-refractivity contribution in [1.29, 1.82) is 0 Å². The van der Waals surface area contributed by atoms with E-state index < -0.39 is 6.04 Å². The van der Waals surface area contributed by atoms with Gasteiger partial charge in [-0.05, 0) is 23.3 Å². The van der Waals surface area contributed by atoms with Gasteiger partial charge in [0.1, 0.15) is 11.8 Å². The van der Waals surface area contributed by atoms with E-state index in [4.69, 9.17) is 10.5 Å². The molecule has 0 spiro atoms. The van der Waals surface area contributed by atoms with Gasteiger partial charge < -0.3 is 15.8 Å². The van der Waals surface area contributed by atoms with Crippen molar-refractivity contribution in [3.63, 3.8) is 0 Å². The van der Waals surface area contributed by atoms with E-state index in [0.29, 0.717) is 6.54 Å². The average Bonchev–Trinajstić information content (AvgIpc) is 2.53. The maximum Gasteiger partial charge on any atom is 0.241 e. The van der Waals surface area contributed by atoms with Crippen molar-refractivity contribution < 1.29 is 9.53 Å². The average molecular weight is 270 g/mol. The molecule has 1 amide bonds. The molecule has 0 fully saturated rings. The van der Waals surface area contributed by atoms with E-state index in [9.17, 15) is 4.79 Å². The van der Waals surface area contributed by atoms with Crippen LogP contribution >= 0.6 is 0 Å². The van der Waals surface area contributed by atoms with E-state index in [0.717, 1.165) is 16.9 Å². The molecule has 2 rings (SSSR count). The molecule has 2 aromatic rings. The maximum atomic E-state index is 12.0. The summed E-state index contributed by atoms with van der Waals surface area (Å²) in [5.74, 6) is 0.605. The quantitative estimate of drug-likeness (QED) is 0.873. The largest absolute Gasteiger partial charge is 0.497 e. The highest BCUT2D eigenvalue weighted by atomic mass is 16.5. The topological polar surface area (TPSA) is 64.3 Å². The van der Waals surface area contributed by atoms with Crippen molar-refractivity contribution in [2.24, 2.45) is 5.73 Å². The minimum Gasteiger partial charge on any atom is -0.497 e. The lowest BCUT2D eigenvalue weighted by Gasteiger charge is -2.12. The first-order chi connectivity index (χ1) is 9.70. The van der Waals surface area contributed by atoms with Gasteiger partial charge in [-0.3, -0.25) is 4.79 Å². The maximum absolute atomic E-state index is 12.0. The molecule has 0 radical (unpaired) electrons. The number of ether oxygens (including phenoxy) is 1. The molecule has 4 heteroatoms. The van der Waals surface area contributed by atoms with Gasteiger partial charge in [0.2, 0.25) is 5.91 Å². The van der Waals surface area contributed by atoms with Crippen molar-refractivity contribution in [3.8, 4) is 5.75 Å². The Hall–Kier alpha value is -2.33. The summed E-state index contributed by atoms with van der Waals surface area (Å²) in [5, 5.41) is 2.83. The van der Waals surface area contributed by atoms with Gasteiger partial charge in [0.05, 0.1) is 7.11 Å². The first kappa shape index (κ1) is 14.1. The van der Waals surface area contributed by atoms with Crippen molar-refractivity contribution in [2.45, 2.75) is 12.6 Å². The van der Waals surface area contributed by atoms with E-state index in [2.05, 4.69) is 5.32 Å². The van der Waals surface area contributed by atoms with Crippen LogP contribution in [0.2, 0.25) is 0 Å². The summed E-state index contributed by atoms with van der Waals surface area (Å²) in [7, 11) is 1.62. The lowest BCUT2D eigenvalue weighted by Crippen LogP contribution is -2.33. The van der Waals surface area contributed by atoms with Crippen LogP contribution in [0.4, 0.5) is 0 Å². The zero-order chi connectivity index (χ0) is 14.4. The van der Waals surface area contributed by atoms with Crippen molar-refractivity contribution in [2.75, 3.05) is 7.11 Å². The molecule has 0 aliphatic heterocycles. The monoisotopic (exact) mass is 270 g/mol. The number of hydrogen-bond acceptors (Lipinski definition) is 3. The smallest absolute Gasteiger partial charge is 0.241 e. The molecule has 0 saturated heterocycles. The van der Waals surface area contributed by atoms with E-state index >= 15 is 0 Å². The molecule has 0 saturated carbocycles. The van der Waals surface area contributed by atoms with Gasteiger partial charge >= 0.3 is 0 Å². The molecule has 0 bridgehead atoms. The Bertz CT molecular complexity index is 552. The number of carbonyl (C=O) groups is 1. The molecular formula is C16H18N2O2. The summed E-state index contributed by atoms with van der Waals surface area (Å²) in [5.41, 5.74) is 7.72. The number of nitrogens with two attached hydrogens (primary N) is 1. The van der Waals surface area contributed by atoms with Gasteiger partial charge in [0, 0.05) is 6.54 Å². The number of methoxy groups -OCH3 is 1. The van der Waals surface area contributed by atoms with Gasteiger partial charge in [-0.25, -0.2) is 0 Å². The molecule has 1 unspecified atom stereocenters. The molecule has 2 aromatic carbocycles.